The number of carbonyl (C=O) groups is 2. The first kappa shape index (κ1) is 16.8. The van der Waals surface area contributed by atoms with Crippen molar-refractivity contribution in [1.29, 1.82) is 0 Å². The lowest BCUT2D eigenvalue weighted by atomic mass is 10.1. The van der Waals surface area contributed by atoms with E-state index in [0.29, 0.717) is 36.9 Å². The Labute approximate surface area is 120 Å². The Kier molecular flexibility index (Phi) is 7.37. The normalized spacial score (nSPS) is 10.6. The molecule has 0 saturated carbocycles. The summed E-state index contributed by atoms with van der Waals surface area (Å²) in [5.41, 5.74) is 0.787. The molecule has 1 aromatic carbocycles. The van der Waals surface area contributed by atoms with Crippen LogP contribution < -0.4 is 0 Å². The third kappa shape index (κ3) is 4.67. The van der Waals surface area contributed by atoms with Gasteiger partial charge >= 0.3 is 0 Å². The summed E-state index contributed by atoms with van der Waals surface area (Å²) < 4.78 is 10.9. The van der Waals surface area contributed by atoms with Crippen LogP contribution in [0.15, 0.2) is 24.3 Å². The van der Waals surface area contributed by atoms with E-state index in [0.717, 1.165) is 0 Å². The topological polar surface area (TPSA) is 55.8 Å². The average Bonchev–Trinajstić information content (AvgIpc) is 2.46. The number of amides is 1. The van der Waals surface area contributed by atoms with E-state index in [-0.39, 0.29) is 5.91 Å². The first-order valence-corrected chi connectivity index (χ1v) is 7.83. The molecule has 6 heteroatoms. The van der Waals surface area contributed by atoms with E-state index in [9.17, 15) is 9.59 Å². The fraction of sp³-hybridized carbons (Fsp3) is 0.429. The van der Waals surface area contributed by atoms with Gasteiger partial charge in [0.05, 0.1) is 25.1 Å². The zero-order valence-electron chi connectivity index (χ0n) is 12.0. The number of aldehydes is 1. The molecule has 0 atom stereocenters. The van der Waals surface area contributed by atoms with Gasteiger partial charge in [0.25, 0.3) is 5.91 Å². The van der Waals surface area contributed by atoms with Crippen molar-refractivity contribution in [2.75, 3.05) is 26.5 Å². The van der Waals surface area contributed by atoms with Crippen molar-refractivity contribution in [3.05, 3.63) is 35.4 Å². The fourth-order valence-corrected chi connectivity index (χ4v) is 2.93. The van der Waals surface area contributed by atoms with Gasteiger partial charge in [-0.25, -0.2) is 0 Å². The minimum Gasteiger partial charge on any atom is -0.333 e. The van der Waals surface area contributed by atoms with E-state index in [2.05, 4.69) is 0 Å². The van der Waals surface area contributed by atoms with Gasteiger partial charge in [0.1, 0.15) is 0 Å². The number of hydrogen-bond donors (Lipinski definition) is 0. The van der Waals surface area contributed by atoms with Gasteiger partial charge < -0.3 is 13.9 Å². The van der Waals surface area contributed by atoms with Crippen LogP contribution in [0, 0.1) is 0 Å². The van der Waals surface area contributed by atoms with Gasteiger partial charge in [-0.05, 0) is 19.9 Å². The van der Waals surface area contributed by atoms with Crippen LogP contribution >= 0.6 is 8.38 Å². The van der Waals surface area contributed by atoms with Crippen molar-refractivity contribution in [2.45, 2.75) is 13.8 Å². The molecule has 110 valence electrons. The van der Waals surface area contributed by atoms with Crippen LogP contribution in [0.2, 0.25) is 0 Å². The molecule has 1 aromatic rings. The first-order valence-electron chi connectivity index (χ1n) is 6.47. The Bertz CT molecular complexity index is 447. The Morgan fingerprint density at radius 3 is 2.40 bits per heavy atom. The van der Waals surface area contributed by atoms with Crippen molar-refractivity contribution in [3.63, 3.8) is 0 Å². The van der Waals surface area contributed by atoms with Gasteiger partial charge in [0.15, 0.2) is 14.7 Å². The second kappa shape index (κ2) is 8.80. The molecule has 0 radical (unpaired) electrons. The molecule has 5 nitrogen and oxygen atoms in total. The first-order chi connectivity index (χ1) is 9.63. The molecular weight excluding hydrogens is 277 g/mol. The van der Waals surface area contributed by atoms with E-state index in [4.69, 9.17) is 9.05 Å². The van der Waals surface area contributed by atoms with Gasteiger partial charge in [0, 0.05) is 12.6 Å². The van der Waals surface area contributed by atoms with Crippen LogP contribution in [-0.4, -0.2) is 43.6 Å². The molecule has 1 amide bonds. The summed E-state index contributed by atoms with van der Waals surface area (Å²) in [6.07, 6.45) is 1.07. The lowest BCUT2D eigenvalue weighted by Crippen LogP contribution is -2.28. The molecular formula is C14H20NO4P. The van der Waals surface area contributed by atoms with Crippen molar-refractivity contribution >= 4 is 20.6 Å². The Morgan fingerprint density at radius 1 is 1.25 bits per heavy atom. The fourth-order valence-electron chi connectivity index (χ4n) is 1.64. The van der Waals surface area contributed by atoms with Crippen LogP contribution in [-0.2, 0) is 9.05 Å². The number of hydrogen-bond acceptors (Lipinski definition) is 4. The number of carbonyl (C=O) groups excluding carboxylic acids is 2. The van der Waals surface area contributed by atoms with Crippen molar-refractivity contribution in [2.24, 2.45) is 0 Å². The molecule has 0 fully saturated rings. The highest BCUT2D eigenvalue weighted by molar-refractivity contribution is 7.47. The lowest BCUT2D eigenvalue weighted by molar-refractivity contribution is 0.0806. The standard InChI is InChI=1S/C14H20NO4P/c1-4-18-20(19-5-2)11-15(3)14(17)13-9-7-6-8-12(13)10-16/h6-10H,4-5,11H2,1-3H3. The van der Waals surface area contributed by atoms with Crippen molar-refractivity contribution in [3.8, 4) is 0 Å². The monoisotopic (exact) mass is 297 g/mol. The minimum atomic E-state index is -1.12. The predicted molar refractivity (Wildman–Crippen MR) is 79.0 cm³/mol. The largest absolute Gasteiger partial charge is 0.333 e. The molecule has 0 heterocycles. The number of rotatable bonds is 8. The molecule has 0 N–H and O–H groups in total. The highest BCUT2D eigenvalue weighted by atomic mass is 31.2. The maximum atomic E-state index is 12.3. The van der Waals surface area contributed by atoms with Crippen LogP contribution in [0.5, 0.6) is 0 Å². The van der Waals surface area contributed by atoms with E-state index in [1.165, 1.54) is 4.90 Å². The molecule has 0 saturated heterocycles. The number of nitrogens with zero attached hydrogens (tertiary/aromatic N) is 1. The Hall–Kier alpha value is -1.29. The molecule has 0 aliphatic rings. The van der Waals surface area contributed by atoms with E-state index < -0.39 is 8.38 Å². The lowest BCUT2D eigenvalue weighted by Gasteiger charge is -2.23. The summed E-state index contributed by atoms with van der Waals surface area (Å²) in [6, 6.07) is 6.74. The predicted octanol–water partition coefficient (Wildman–Crippen LogP) is 2.91. The highest BCUT2D eigenvalue weighted by Gasteiger charge is 2.20. The zero-order valence-corrected chi connectivity index (χ0v) is 12.9. The van der Waals surface area contributed by atoms with Gasteiger partial charge in [0.2, 0.25) is 0 Å². The summed E-state index contributed by atoms with van der Waals surface area (Å²) in [7, 11) is 0.558. The molecule has 0 unspecified atom stereocenters. The minimum absolute atomic E-state index is 0.209. The Balaban J connectivity index is 2.77. The summed E-state index contributed by atoms with van der Waals surface area (Å²) in [5, 5.41) is 0. The summed E-state index contributed by atoms with van der Waals surface area (Å²) >= 11 is 0. The molecule has 0 aromatic heterocycles. The van der Waals surface area contributed by atoms with Gasteiger partial charge in [-0.2, -0.15) is 0 Å². The quantitative estimate of drug-likeness (QED) is 0.547. The van der Waals surface area contributed by atoms with Gasteiger partial charge in [-0.1, -0.05) is 18.2 Å². The molecule has 0 bridgehead atoms. The summed E-state index contributed by atoms with van der Waals surface area (Å²) in [4.78, 5) is 24.8. The molecule has 0 spiro atoms. The zero-order chi connectivity index (χ0) is 15.0. The Morgan fingerprint density at radius 2 is 1.85 bits per heavy atom. The third-order valence-corrected chi connectivity index (χ3v) is 4.29. The SMILES string of the molecule is CCOP(CN(C)C(=O)c1ccccc1C=O)OCC. The molecule has 20 heavy (non-hydrogen) atoms. The highest BCUT2D eigenvalue weighted by Crippen LogP contribution is 2.38. The average molecular weight is 297 g/mol. The van der Waals surface area contributed by atoms with Crippen molar-refractivity contribution < 1.29 is 18.6 Å². The summed E-state index contributed by atoms with van der Waals surface area (Å²) in [6.45, 7) is 4.85. The third-order valence-electron chi connectivity index (χ3n) is 2.54. The summed E-state index contributed by atoms with van der Waals surface area (Å²) in [5.74, 6) is -0.209. The smallest absolute Gasteiger partial charge is 0.254 e. The van der Waals surface area contributed by atoms with E-state index in [1.807, 2.05) is 13.8 Å². The molecule has 0 aliphatic carbocycles. The second-order valence-corrected chi connectivity index (χ2v) is 5.48. The number of benzene rings is 1. The van der Waals surface area contributed by atoms with Gasteiger partial charge in [-0.15, -0.1) is 0 Å². The van der Waals surface area contributed by atoms with E-state index in [1.54, 1.807) is 31.3 Å². The molecule has 1 rings (SSSR count). The van der Waals surface area contributed by atoms with Crippen LogP contribution in [0.3, 0.4) is 0 Å². The molecule has 0 aliphatic heterocycles. The van der Waals surface area contributed by atoms with Crippen LogP contribution in [0.4, 0.5) is 0 Å². The van der Waals surface area contributed by atoms with Crippen molar-refractivity contribution in [1.82, 2.24) is 4.90 Å². The van der Waals surface area contributed by atoms with Crippen LogP contribution in [0.25, 0.3) is 0 Å². The second-order valence-electron chi connectivity index (χ2n) is 4.02. The van der Waals surface area contributed by atoms with E-state index >= 15 is 0 Å². The van der Waals surface area contributed by atoms with Gasteiger partial charge in [-0.3, -0.25) is 9.59 Å². The van der Waals surface area contributed by atoms with Crippen LogP contribution in [0.1, 0.15) is 34.6 Å². The maximum absolute atomic E-state index is 12.3. The maximum Gasteiger partial charge on any atom is 0.254 e.